The van der Waals surface area contributed by atoms with Gasteiger partial charge in [-0.05, 0) is 37.9 Å². The average Bonchev–Trinajstić information content (AvgIpc) is 2.50. The number of carboxylic acid groups (broad SMARTS) is 1. The first-order chi connectivity index (χ1) is 9.71. The van der Waals surface area contributed by atoms with E-state index in [-0.39, 0.29) is 0 Å². The van der Waals surface area contributed by atoms with Crippen molar-refractivity contribution in [1.29, 1.82) is 0 Å². The van der Waals surface area contributed by atoms with Crippen LogP contribution in [0.15, 0.2) is 30.3 Å². The number of likely N-dealkylation sites (tertiary alicyclic amines) is 1. The molecule has 1 fully saturated rings. The van der Waals surface area contributed by atoms with Crippen molar-refractivity contribution in [3.05, 3.63) is 35.9 Å². The molecule has 0 amide bonds. The first-order valence-corrected chi connectivity index (χ1v) is 7.76. The van der Waals surface area contributed by atoms with E-state index in [0.717, 1.165) is 44.3 Å². The standard InChI is InChI=1S/C17H25NO2/c1-2-3-12-17(16(19)20,15-10-6-4-7-11-15)18-13-8-5-9-14-18/h4,6-7,10-11H,2-3,5,8-9,12-14H2,1H3,(H,19,20). The molecule has 3 nitrogen and oxygen atoms in total. The number of piperidine rings is 1. The van der Waals surface area contributed by atoms with Crippen LogP contribution in [-0.4, -0.2) is 29.1 Å². The van der Waals surface area contributed by atoms with E-state index in [1.54, 1.807) is 0 Å². The summed E-state index contributed by atoms with van der Waals surface area (Å²) in [6.07, 6.45) is 6.09. The molecular formula is C17H25NO2. The molecule has 1 saturated heterocycles. The predicted octanol–water partition coefficient (Wildman–Crippen LogP) is 3.64. The van der Waals surface area contributed by atoms with Gasteiger partial charge in [0.2, 0.25) is 0 Å². The highest BCUT2D eigenvalue weighted by atomic mass is 16.4. The second-order valence-electron chi connectivity index (χ2n) is 5.68. The van der Waals surface area contributed by atoms with Gasteiger partial charge < -0.3 is 5.11 Å². The van der Waals surface area contributed by atoms with Crippen LogP contribution in [0.2, 0.25) is 0 Å². The third-order valence-electron chi connectivity index (χ3n) is 4.39. The molecule has 0 saturated carbocycles. The molecule has 1 aromatic carbocycles. The molecule has 0 bridgehead atoms. The van der Waals surface area contributed by atoms with Crippen LogP contribution < -0.4 is 0 Å². The highest BCUT2D eigenvalue weighted by molar-refractivity contribution is 5.80. The quantitative estimate of drug-likeness (QED) is 0.861. The van der Waals surface area contributed by atoms with Gasteiger partial charge in [-0.2, -0.15) is 0 Å². The van der Waals surface area contributed by atoms with E-state index in [2.05, 4.69) is 11.8 Å². The Hall–Kier alpha value is -1.35. The number of unbranched alkanes of at least 4 members (excludes halogenated alkanes) is 1. The molecule has 1 heterocycles. The lowest BCUT2D eigenvalue weighted by Crippen LogP contribution is -2.53. The van der Waals surface area contributed by atoms with Crippen LogP contribution in [0.3, 0.4) is 0 Å². The second-order valence-corrected chi connectivity index (χ2v) is 5.68. The predicted molar refractivity (Wildman–Crippen MR) is 80.7 cm³/mol. The Morgan fingerprint density at radius 3 is 2.40 bits per heavy atom. The summed E-state index contributed by atoms with van der Waals surface area (Å²) in [5.74, 6) is -0.695. The number of rotatable bonds is 6. The van der Waals surface area contributed by atoms with E-state index in [0.29, 0.717) is 6.42 Å². The van der Waals surface area contributed by atoms with Gasteiger partial charge in [0.1, 0.15) is 5.54 Å². The molecule has 1 aliphatic heterocycles. The first-order valence-electron chi connectivity index (χ1n) is 7.76. The van der Waals surface area contributed by atoms with Gasteiger partial charge in [-0.3, -0.25) is 4.90 Å². The zero-order valence-electron chi connectivity index (χ0n) is 12.3. The van der Waals surface area contributed by atoms with Gasteiger partial charge in [0.05, 0.1) is 0 Å². The maximum Gasteiger partial charge on any atom is 0.328 e. The Morgan fingerprint density at radius 2 is 1.85 bits per heavy atom. The minimum Gasteiger partial charge on any atom is -0.480 e. The van der Waals surface area contributed by atoms with Crippen molar-refractivity contribution in [1.82, 2.24) is 4.90 Å². The Bertz CT molecular complexity index is 426. The smallest absolute Gasteiger partial charge is 0.328 e. The summed E-state index contributed by atoms with van der Waals surface area (Å²) >= 11 is 0. The fourth-order valence-electron chi connectivity index (χ4n) is 3.27. The summed E-state index contributed by atoms with van der Waals surface area (Å²) in [5.41, 5.74) is 0.0976. The van der Waals surface area contributed by atoms with Crippen LogP contribution in [0.4, 0.5) is 0 Å². The molecular weight excluding hydrogens is 250 g/mol. The van der Waals surface area contributed by atoms with Crippen LogP contribution in [0.5, 0.6) is 0 Å². The van der Waals surface area contributed by atoms with Gasteiger partial charge >= 0.3 is 5.97 Å². The lowest BCUT2D eigenvalue weighted by molar-refractivity contribution is -0.154. The van der Waals surface area contributed by atoms with Crippen LogP contribution in [0.25, 0.3) is 0 Å². The van der Waals surface area contributed by atoms with Crippen LogP contribution in [-0.2, 0) is 10.3 Å². The summed E-state index contributed by atoms with van der Waals surface area (Å²) in [4.78, 5) is 14.4. The number of aliphatic carboxylic acids is 1. The van der Waals surface area contributed by atoms with Gasteiger partial charge in [0, 0.05) is 0 Å². The Labute approximate surface area is 121 Å². The van der Waals surface area contributed by atoms with Gasteiger partial charge in [-0.25, -0.2) is 4.79 Å². The molecule has 3 heteroatoms. The number of hydrogen-bond donors (Lipinski definition) is 1. The van der Waals surface area contributed by atoms with E-state index < -0.39 is 11.5 Å². The first kappa shape index (κ1) is 15.0. The van der Waals surface area contributed by atoms with E-state index in [4.69, 9.17) is 0 Å². The van der Waals surface area contributed by atoms with Crippen molar-refractivity contribution < 1.29 is 9.90 Å². The molecule has 1 aliphatic rings. The maximum atomic E-state index is 12.2. The third-order valence-corrected chi connectivity index (χ3v) is 4.39. The van der Waals surface area contributed by atoms with Crippen LogP contribution in [0.1, 0.15) is 51.0 Å². The minimum absolute atomic E-state index is 0.695. The fraction of sp³-hybridized carbons (Fsp3) is 0.588. The molecule has 1 N–H and O–H groups in total. The number of nitrogens with zero attached hydrogens (tertiary/aromatic N) is 1. The Kier molecular flexibility index (Phi) is 5.18. The number of benzene rings is 1. The second kappa shape index (κ2) is 6.89. The molecule has 0 radical (unpaired) electrons. The SMILES string of the molecule is CCCCC(C(=O)O)(c1ccccc1)N1CCCCC1. The highest BCUT2D eigenvalue weighted by Gasteiger charge is 2.45. The van der Waals surface area contributed by atoms with E-state index in [1.165, 1.54) is 6.42 Å². The van der Waals surface area contributed by atoms with Crippen molar-refractivity contribution in [2.45, 2.75) is 51.0 Å². The van der Waals surface area contributed by atoms with Gasteiger partial charge in [-0.15, -0.1) is 0 Å². The molecule has 0 aromatic heterocycles. The number of carboxylic acids is 1. The van der Waals surface area contributed by atoms with Crippen LogP contribution in [0, 0.1) is 0 Å². The molecule has 0 aliphatic carbocycles. The van der Waals surface area contributed by atoms with Crippen molar-refractivity contribution in [3.63, 3.8) is 0 Å². The lowest BCUT2D eigenvalue weighted by Gasteiger charge is -2.43. The third kappa shape index (κ3) is 2.88. The van der Waals surface area contributed by atoms with Gasteiger partial charge in [0.25, 0.3) is 0 Å². The van der Waals surface area contributed by atoms with Crippen molar-refractivity contribution >= 4 is 5.97 Å². The van der Waals surface area contributed by atoms with Crippen molar-refractivity contribution in [2.75, 3.05) is 13.1 Å². The number of carbonyl (C=O) groups is 1. The zero-order valence-corrected chi connectivity index (χ0v) is 12.3. The Balaban J connectivity index is 2.40. The molecule has 20 heavy (non-hydrogen) atoms. The topological polar surface area (TPSA) is 40.5 Å². The number of hydrogen-bond acceptors (Lipinski definition) is 2. The summed E-state index contributed by atoms with van der Waals surface area (Å²) in [5, 5.41) is 10.0. The molecule has 1 aromatic rings. The molecule has 0 spiro atoms. The largest absolute Gasteiger partial charge is 0.480 e. The van der Waals surface area contributed by atoms with Crippen molar-refractivity contribution in [2.24, 2.45) is 0 Å². The van der Waals surface area contributed by atoms with Crippen molar-refractivity contribution in [3.8, 4) is 0 Å². The molecule has 2 rings (SSSR count). The molecule has 1 unspecified atom stereocenters. The summed E-state index contributed by atoms with van der Waals surface area (Å²) in [6, 6.07) is 9.79. The summed E-state index contributed by atoms with van der Waals surface area (Å²) < 4.78 is 0. The van der Waals surface area contributed by atoms with Gasteiger partial charge in [-0.1, -0.05) is 56.5 Å². The molecule has 110 valence electrons. The van der Waals surface area contributed by atoms with Gasteiger partial charge in [0.15, 0.2) is 0 Å². The lowest BCUT2D eigenvalue weighted by atomic mass is 9.82. The minimum atomic E-state index is -0.836. The van der Waals surface area contributed by atoms with E-state index >= 15 is 0 Å². The van der Waals surface area contributed by atoms with E-state index in [9.17, 15) is 9.90 Å². The zero-order chi connectivity index (χ0) is 14.4. The summed E-state index contributed by atoms with van der Waals surface area (Å²) in [7, 11) is 0. The summed E-state index contributed by atoms with van der Waals surface area (Å²) in [6.45, 7) is 3.91. The highest BCUT2D eigenvalue weighted by Crippen LogP contribution is 2.36. The average molecular weight is 275 g/mol. The van der Waals surface area contributed by atoms with Crippen LogP contribution >= 0.6 is 0 Å². The normalized spacial score (nSPS) is 19.4. The maximum absolute atomic E-state index is 12.2. The monoisotopic (exact) mass is 275 g/mol. The fourth-order valence-corrected chi connectivity index (χ4v) is 3.27. The Morgan fingerprint density at radius 1 is 1.20 bits per heavy atom. The van der Waals surface area contributed by atoms with E-state index in [1.807, 2.05) is 30.3 Å². The molecule has 1 atom stereocenters.